The highest BCUT2D eigenvalue weighted by molar-refractivity contribution is 5.94. The third-order valence-corrected chi connectivity index (χ3v) is 4.12. The number of unbranched alkanes of at least 4 members (excludes halogenated alkanes) is 3. The maximum atomic E-state index is 12.4. The average Bonchev–Trinajstić information content (AvgIpc) is 2.55. The molecule has 1 fully saturated rings. The topological polar surface area (TPSA) is 49.8 Å². The summed E-state index contributed by atoms with van der Waals surface area (Å²) in [6, 6.07) is 7.39. The van der Waals surface area contributed by atoms with Crippen molar-refractivity contribution in [1.82, 2.24) is 4.90 Å². The molecule has 1 aromatic rings. The fourth-order valence-corrected chi connectivity index (χ4v) is 2.66. The zero-order valence-electron chi connectivity index (χ0n) is 13.5. The van der Waals surface area contributed by atoms with Crippen molar-refractivity contribution in [2.45, 2.75) is 51.6 Å². The Kier molecular flexibility index (Phi) is 6.72. The van der Waals surface area contributed by atoms with Crippen molar-refractivity contribution in [3.05, 3.63) is 29.8 Å². The van der Waals surface area contributed by atoms with E-state index < -0.39 is 0 Å². The number of carbonyl (C=O) groups is 1. The number of aliphatic hydroxyl groups is 1. The van der Waals surface area contributed by atoms with Crippen LogP contribution in [0.1, 0.15) is 55.8 Å². The van der Waals surface area contributed by atoms with Gasteiger partial charge in [0.2, 0.25) is 0 Å². The van der Waals surface area contributed by atoms with E-state index in [1.807, 2.05) is 29.2 Å². The van der Waals surface area contributed by atoms with Crippen molar-refractivity contribution in [2.75, 3.05) is 19.7 Å². The average molecular weight is 305 g/mol. The van der Waals surface area contributed by atoms with Crippen LogP contribution in [0.3, 0.4) is 0 Å². The molecule has 2 rings (SSSR count). The molecule has 4 nitrogen and oxygen atoms in total. The van der Waals surface area contributed by atoms with Crippen LogP contribution < -0.4 is 4.74 Å². The van der Waals surface area contributed by atoms with E-state index in [1.165, 1.54) is 19.3 Å². The van der Waals surface area contributed by atoms with Gasteiger partial charge in [0, 0.05) is 18.7 Å². The van der Waals surface area contributed by atoms with Crippen molar-refractivity contribution < 1.29 is 14.6 Å². The molecule has 1 N–H and O–H groups in total. The first-order valence-corrected chi connectivity index (χ1v) is 8.41. The summed E-state index contributed by atoms with van der Waals surface area (Å²) in [5, 5.41) is 9.50. The summed E-state index contributed by atoms with van der Waals surface area (Å²) in [6.45, 7) is 4.20. The van der Waals surface area contributed by atoms with Crippen LogP contribution in [0.2, 0.25) is 0 Å². The Morgan fingerprint density at radius 3 is 2.50 bits per heavy atom. The van der Waals surface area contributed by atoms with Gasteiger partial charge in [-0.2, -0.15) is 0 Å². The Labute approximate surface area is 133 Å². The number of amides is 1. The van der Waals surface area contributed by atoms with Gasteiger partial charge in [-0.05, 0) is 43.5 Å². The third kappa shape index (κ3) is 5.02. The van der Waals surface area contributed by atoms with Gasteiger partial charge in [0.1, 0.15) is 5.75 Å². The summed E-state index contributed by atoms with van der Waals surface area (Å²) in [5.41, 5.74) is 0.690. The molecule has 22 heavy (non-hydrogen) atoms. The summed E-state index contributed by atoms with van der Waals surface area (Å²) in [4.78, 5) is 14.2. The second-order valence-corrected chi connectivity index (χ2v) is 5.96. The molecule has 0 radical (unpaired) electrons. The first-order chi connectivity index (χ1) is 10.7. The molecule has 1 aliphatic rings. The van der Waals surface area contributed by atoms with Crippen LogP contribution in [0.5, 0.6) is 5.75 Å². The molecule has 4 heteroatoms. The van der Waals surface area contributed by atoms with E-state index in [1.54, 1.807) is 0 Å². The normalized spacial score (nSPS) is 15.8. The number of nitrogens with zero attached hydrogens (tertiary/aromatic N) is 1. The Morgan fingerprint density at radius 1 is 1.18 bits per heavy atom. The smallest absolute Gasteiger partial charge is 0.253 e. The van der Waals surface area contributed by atoms with Crippen LogP contribution in [-0.4, -0.2) is 41.7 Å². The van der Waals surface area contributed by atoms with Gasteiger partial charge in [-0.25, -0.2) is 0 Å². The summed E-state index contributed by atoms with van der Waals surface area (Å²) in [5.74, 6) is 0.864. The van der Waals surface area contributed by atoms with Crippen LogP contribution >= 0.6 is 0 Å². The molecule has 1 amide bonds. The number of aliphatic hydroxyl groups excluding tert-OH is 1. The second-order valence-electron chi connectivity index (χ2n) is 5.96. The molecule has 0 saturated carbocycles. The Hall–Kier alpha value is -1.55. The lowest BCUT2D eigenvalue weighted by molar-refractivity contribution is 0.0546. The van der Waals surface area contributed by atoms with Gasteiger partial charge in [0.15, 0.2) is 0 Å². The fourth-order valence-electron chi connectivity index (χ4n) is 2.66. The first-order valence-electron chi connectivity index (χ1n) is 8.41. The minimum absolute atomic E-state index is 0.0430. The van der Waals surface area contributed by atoms with Crippen LogP contribution in [0.4, 0.5) is 0 Å². The van der Waals surface area contributed by atoms with Crippen LogP contribution in [0.15, 0.2) is 24.3 Å². The maximum absolute atomic E-state index is 12.4. The number of carbonyl (C=O) groups excluding carboxylic acids is 1. The van der Waals surface area contributed by atoms with Crippen molar-refractivity contribution in [3.8, 4) is 5.75 Å². The highest BCUT2D eigenvalue weighted by Crippen LogP contribution is 2.17. The first kappa shape index (κ1) is 16.8. The van der Waals surface area contributed by atoms with E-state index in [-0.39, 0.29) is 12.0 Å². The van der Waals surface area contributed by atoms with E-state index >= 15 is 0 Å². The lowest BCUT2D eigenvalue weighted by Crippen LogP contribution is -2.40. The Balaban J connectivity index is 1.79. The Bertz CT molecular complexity index is 450. The van der Waals surface area contributed by atoms with Gasteiger partial charge in [-0.15, -0.1) is 0 Å². The van der Waals surface area contributed by atoms with Crippen molar-refractivity contribution in [3.63, 3.8) is 0 Å². The zero-order chi connectivity index (χ0) is 15.8. The second kappa shape index (κ2) is 8.79. The fraction of sp³-hybridized carbons (Fsp3) is 0.611. The zero-order valence-corrected chi connectivity index (χ0v) is 13.5. The molecule has 0 spiro atoms. The quantitative estimate of drug-likeness (QED) is 0.787. The molecule has 122 valence electrons. The molecular formula is C18H27NO3. The van der Waals surface area contributed by atoms with Gasteiger partial charge in [0.25, 0.3) is 5.91 Å². The van der Waals surface area contributed by atoms with E-state index in [4.69, 9.17) is 4.74 Å². The number of hydrogen-bond donors (Lipinski definition) is 1. The summed E-state index contributed by atoms with van der Waals surface area (Å²) in [7, 11) is 0. The predicted molar refractivity (Wildman–Crippen MR) is 87.2 cm³/mol. The molecule has 0 atom stereocenters. The lowest BCUT2D eigenvalue weighted by Gasteiger charge is -2.29. The maximum Gasteiger partial charge on any atom is 0.253 e. The van der Waals surface area contributed by atoms with E-state index in [2.05, 4.69) is 6.92 Å². The van der Waals surface area contributed by atoms with E-state index in [0.717, 1.165) is 18.8 Å². The number of piperidine rings is 1. The number of hydrogen-bond acceptors (Lipinski definition) is 3. The van der Waals surface area contributed by atoms with Gasteiger partial charge in [-0.3, -0.25) is 4.79 Å². The highest BCUT2D eigenvalue weighted by Gasteiger charge is 2.22. The minimum atomic E-state index is -0.257. The van der Waals surface area contributed by atoms with Gasteiger partial charge >= 0.3 is 0 Å². The highest BCUT2D eigenvalue weighted by atomic mass is 16.5. The summed E-state index contributed by atoms with van der Waals surface area (Å²) >= 11 is 0. The monoisotopic (exact) mass is 305 g/mol. The predicted octanol–water partition coefficient (Wildman–Crippen LogP) is 3.24. The standard InChI is InChI=1S/C18H27NO3/c1-2-3-4-5-14-22-17-8-6-15(7-9-17)18(21)19-12-10-16(20)11-13-19/h6-9,16,20H,2-5,10-14H2,1H3. The molecular weight excluding hydrogens is 278 g/mol. The molecule has 0 aromatic heterocycles. The molecule has 0 bridgehead atoms. The summed E-state index contributed by atoms with van der Waals surface area (Å²) in [6.07, 6.45) is 5.84. The van der Waals surface area contributed by atoms with Crippen molar-refractivity contribution in [1.29, 1.82) is 0 Å². The number of rotatable bonds is 7. The lowest BCUT2D eigenvalue weighted by atomic mass is 10.1. The molecule has 0 aliphatic carbocycles. The summed E-state index contributed by atoms with van der Waals surface area (Å²) < 4.78 is 5.69. The molecule has 1 aliphatic heterocycles. The minimum Gasteiger partial charge on any atom is -0.494 e. The van der Waals surface area contributed by atoms with Crippen molar-refractivity contribution >= 4 is 5.91 Å². The molecule has 1 aromatic carbocycles. The molecule has 1 heterocycles. The number of ether oxygens (including phenoxy) is 1. The van der Waals surface area contributed by atoms with Gasteiger partial charge in [-0.1, -0.05) is 26.2 Å². The third-order valence-electron chi connectivity index (χ3n) is 4.12. The SMILES string of the molecule is CCCCCCOc1ccc(C(=O)N2CCC(O)CC2)cc1. The Morgan fingerprint density at radius 2 is 1.86 bits per heavy atom. The van der Waals surface area contributed by atoms with Crippen LogP contribution in [0, 0.1) is 0 Å². The van der Waals surface area contributed by atoms with E-state index in [0.29, 0.717) is 31.5 Å². The van der Waals surface area contributed by atoms with Gasteiger partial charge in [0.05, 0.1) is 12.7 Å². The van der Waals surface area contributed by atoms with Crippen LogP contribution in [0.25, 0.3) is 0 Å². The van der Waals surface area contributed by atoms with Crippen LogP contribution in [-0.2, 0) is 0 Å². The number of benzene rings is 1. The van der Waals surface area contributed by atoms with Gasteiger partial charge < -0.3 is 14.7 Å². The molecule has 0 unspecified atom stereocenters. The van der Waals surface area contributed by atoms with E-state index in [9.17, 15) is 9.90 Å². The largest absolute Gasteiger partial charge is 0.494 e. The molecule has 1 saturated heterocycles. The van der Waals surface area contributed by atoms with Crippen molar-refractivity contribution in [2.24, 2.45) is 0 Å². The number of likely N-dealkylation sites (tertiary alicyclic amines) is 1.